The van der Waals surface area contributed by atoms with Gasteiger partial charge in [0.05, 0.1) is 32.7 Å². The van der Waals surface area contributed by atoms with Crippen molar-refractivity contribution in [3.8, 4) is 0 Å². The highest BCUT2D eigenvalue weighted by Gasteiger charge is 2.31. The van der Waals surface area contributed by atoms with Crippen LogP contribution in [0.15, 0.2) is 52.0 Å². The lowest BCUT2D eigenvalue weighted by Gasteiger charge is -2.14. The van der Waals surface area contributed by atoms with Gasteiger partial charge in [-0.15, -0.1) is 0 Å². The molecule has 0 unspecified atom stereocenters. The van der Waals surface area contributed by atoms with Crippen molar-refractivity contribution >= 4 is 46.2 Å². The summed E-state index contributed by atoms with van der Waals surface area (Å²) in [5, 5.41) is 7.55. The molecule has 3 aromatic rings. The second kappa shape index (κ2) is 9.11. The van der Waals surface area contributed by atoms with Crippen LogP contribution in [0.2, 0.25) is 10.0 Å². The third-order valence-electron chi connectivity index (χ3n) is 5.24. The number of nitrogens with zero attached hydrogens (tertiary/aromatic N) is 1. The summed E-state index contributed by atoms with van der Waals surface area (Å²) in [6.07, 6.45) is -2.52. The zero-order valence-electron chi connectivity index (χ0n) is 17.3. The van der Waals surface area contributed by atoms with Crippen LogP contribution in [-0.2, 0) is 12.6 Å². The predicted molar refractivity (Wildman–Crippen MR) is 122 cm³/mol. The molecule has 0 radical (unpaired) electrons. The maximum atomic E-state index is 13.0. The summed E-state index contributed by atoms with van der Waals surface area (Å²) in [4.78, 5) is 12.9. The molecule has 5 nitrogen and oxygen atoms in total. The van der Waals surface area contributed by atoms with Crippen LogP contribution in [0.3, 0.4) is 0 Å². The largest absolute Gasteiger partial charge is 0.455 e. The highest BCUT2D eigenvalue weighted by atomic mass is 35.5. The van der Waals surface area contributed by atoms with Gasteiger partial charge < -0.3 is 9.73 Å². The van der Waals surface area contributed by atoms with Crippen molar-refractivity contribution in [2.75, 3.05) is 10.7 Å². The number of rotatable bonds is 4. The van der Waals surface area contributed by atoms with E-state index in [2.05, 4.69) is 15.8 Å². The molecule has 0 saturated heterocycles. The van der Waals surface area contributed by atoms with Crippen molar-refractivity contribution in [3.63, 3.8) is 0 Å². The van der Waals surface area contributed by atoms with Gasteiger partial charge in [-0.05, 0) is 50.1 Å². The first kappa shape index (κ1) is 23.2. The number of anilines is 2. The number of carbonyl (C=O) groups is 1. The lowest BCUT2D eigenvalue weighted by atomic mass is 9.93. The normalized spacial score (nSPS) is 14.8. The highest BCUT2D eigenvalue weighted by Crippen LogP contribution is 2.34. The summed E-state index contributed by atoms with van der Waals surface area (Å²) in [6.45, 7) is 1.74. The number of fused-ring (bicyclic) bond motifs is 1. The fourth-order valence-electron chi connectivity index (χ4n) is 3.67. The molecule has 1 aliphatic carbocycles. The Morgan fingerprint density at radius 2 is 1.88 bits per heavy atom. The molecule has 10 heteroatoms. The van der Waals surface area contributed by atoms with Crippen molar-refractivity contribution in [2.45, 2.75) is 32.4 Å². The molecule has 1 aromatic heterocycles. The number of nitrogens with one attached hydrogen (secondary N) is 2. The molecule has 4 rings (SSSR count). The molecule has 0 saturated carbocycles. The van der Waals surface area contributed by atoms with Crippen LogP contribution in [0.25, 0.3) is 0 Å². The quantitative estimate of drug-likeness (QED) is 0.372. The van der Waals surface area contributed by atoms with E-state index >= 15 is 0 Å². The van der Waals surface area contributed by atoms with Crippen LogP contribution in [0, 0.1) is 6.92 Å². The average molecular weight is 496 g/mol. The first-order valence-electron chi connectivity index (χ1n) is 10.0. The number of hydrogen-bond acceptors (Lipinski definition) is 4. The molecule has 2 N–H and O–H groups in total. The van der Waals surface area contributed by atoms with Gasteiger partial charge in [0.2, 0.25) is 0 Å². The molecule has 0 aliphatic heterocycles. The monoisotopic (exact) mass is 495 g/mol. The van der Waals surface area contributed by atoms with Crippen LogP contribution in [0.1, 0.15) is 45.8 Å². The van der Waals surface area contributed by atoms with E-state index in [0.29, 0.717) is 46.2 Å². The number of hydrazone groups is 1. The van der Waals surface area contributed by atoms with Gasteiger partial charge in [-0.1, -0.05) is 35.3 Å². The van der Waals surface area contributed by atoms with Gasteiger partial charge in [0.25, 0.3) is 5.91 Å². The Morgan fingerprint density at radius 1 is 1.12 bits per heavy atom. The summed E-state index contributed by atoms with van der Waals surface area (Å²) in [6, 6.07) is 9.68. The summed E-state index contributed by atoms with van der Waals surface area (Å²) in [5.41, 5.74) is 4.37. The Kier molecular flexibility index (Phi) is 6.41. The molecule has 0 fully saturated rings. The zero-order chi connectivity index (χ0) is 23.8. The SMILES string of the molecule is Cc1c(C(=O)Nc2cccc(Cl)c2Cl)oc2c1/C(=N/Nc1cccc(C(F)(F)F)c1)CCC2. The molecule has 0 spiro atoms. The fraction of sp³-hybridized carbons (Fsp3) is 0.217. The fourth-order valence-corrected chi connectivity index (χ4v) is 4.02. The van der Waals surface area contributed by atoms with Crippen LogP contribution in [-0.4, -0.2) is 11.6 Å². The number of carbonyl (C=O) groups excluding carboxylic acids is 1. The molecule has 1 aliphatic rings. The van der Waals surface area contributed by atoms with Gasteiger partial charge in [0, 0.05) is 17.5 Å². The van der Waals surface area contributed by atoms with Crippen molar-refractivity contribution in [3.05, 3.63) is 80.7 Å². The van der Waals surface area contributed by atoms with Crippen LogP contribution < -0.4 is 10.7 Å². The Labute approximate surface area is 197 Å². The summed E-state index contributed by atoms with van der Waals surface area (Å²) >= 11 is 12.2. The van der Waals surface area contributed by atoms with Gasteiger partial charge in [-0.25, -0.2) is 0 Å². The van der Waals surface area contributed by atoms with Crippen LogP contribution in [0.4, 0.5) is 24.5 Å². The van der Waals surface area contributed by atoms with E-state index in [9.17, 15) is 18.0 Å². The smallest absolute Gasteiger partial charge is 0.416 e. The van der Waals surface area contributed by atoms with Crippen molar-refractivity contribution in [1.29, 1.82) is 0 Å². The van der Waals surface area contributed by atoms with Gasteiger partial charge in [-0.2, -0.15) is 18.3 Å². The minimum atomic E-state index is -4.45. The van der Waals surface area contributed by atoms with E-state index in [1.807, 2.05) is 0 Å². The molecule has 1 amide bonds. The van der Waals surface area contributed by atoms with Gasteiger partial charge >= 0.3 is 6.18 Å². The van der Waals surface area contributed by atoms with E-state index in [0.717, 1.165) is 18.6 Å². The Morgan fingerprint density at radius 3 is 2.64 bits per heavy atom. The number of amides is 1. The van der Waals surface area contributed by atoms with Gasteiger partial charge in [0.1, 0.15) is 5.76 Å². The molecule has 172 valence electrons. The molecular weight excluding hydrogens is 478 g/mol. The minimum absolute atomic E-state index is 0.115. The third-order valence-corrected chi connectivity index (χ3v) is 6.06. The van der Waals surface area contributed by atoms with E-state index < -0.39 is 17.6 Å². The number of furan rings is 1. The number of benzene rings is 2. The first-order chi connectivity index (χ1) is 15.6. The van der Waals surface area contributed by atoms with Crippen molar-refractivity contribution in [1.82, 2.24) is 0 Å². The van der Waals surface area contributed by atoms with Crippen LogP contribution >= 0.6 is 23.2 Å². The van der Waals surface area contributed by atoms with Crippen LogP contribution in [0.5, 0.6) is 0 Å². The second-order valence-corrected chi connectivity index (χ2v) is 8.30. The van der Waals surface area contributed by atoms with Crippen molar-refractivity contribution < 1.29 is 22.4 Å². The number of halogens is 5. The van der Waals surface area contributed by atoms with E-state index in [-0.39, 0.29) is 16.5 Å². The average Bonchev–Trinajstić information content (AvgIpc) is 3.12. The minimum Gasteiger partial charge on any atom is -0.455 e. The number of aryl methyl sites for hydroxylation is 1. The summed E-state index contributed by atoms with van der Waals surface area (Å²) in [7, 11) is 0. The lowest BCUT2D eigenvalue weighted by molar-refractivity contribution is -0.137. The molecular formula is C23H18Cl2F3N3O2. The van der Waals surface area contributed by atoms with Gasteiger partial charge in [0.15, 0.2) is 5.76 Å². The first-order valence-corrected chi connectivity index (χ1v) is 10.8. The Hall–Kier alpha value is -2.97. The topological polar surface area (TPSA) is 66.6 Å². The van der Waals surface area contributed by atoms with E-state index in [1.54, 1.807) is 25.1 Å². The predicted octanol–water partition coefficient (Wildman–Crippen LogP) is 7.32. The lowest BCUT2D eigenvalue weighted by Crippen LogP contribution is -2.14. The standard InChI is InChI=1S/C23H18Cl2F3N3O2/c1-12-19-16(31-30-14-6-2-5-13(11-14)23(26,27)28)8-4-10-18(19)33-21(12)22(32)29-17-9-3-7-15(24)20(17)25/h2-3,5-7,9,11,30H,4,8,10H2,1H3,(H,29,32)/b31-16+. The maximum Gasteiger partial charge on any atom is 0.416 e. The molecule has 2 aromatic carbocycles. The van der Waals surface area contributed by atoms with E-state index in [1.165, 1.54) is 12.1 Å². The third kappa shape index (κ3) is 4.86. The van der Waals surface area contributed by atoms with Crippen molar-refractivity contribution in [2.24, 2.45) is 5.10 Å². The summed E-state index contributed by atoms with van der Waals surface area (Å²) in [5.74, 6) is 0.228. The molecule has 0 bridgehead atoms. The second-order valence-electron chi connectivity index (χ2n) is 7.51. The summed E-state index contributed by atoms with van der Waals surface area (Å²) < 4.78 is 44.7. The molecule has 0 atom stereocenters. The van der Waals surface area contributed by atoms with E-state index in [4.69, 9.17) is 27.6 Å². The Balaban J connectivity index is 1.60. The molecule has 1 heterocycles. The zero-order valence-corrected chi connectivity index (χ0v) is 18.8. The molecule has 33 heavy (non-hydrogen) atoms. The highest BCUT2D eigenvalue weighted by molar-refractivity contribution is 6.44. The van der Waals surface area contributed by atoms with Gasteiger partial charge in [-0.3, -0.25) is 10.2 Å². The number of alkyl halides is 3. The number of hydrogen-bond donors (Lipinski definition) is 2. The Bertz CT molecular complexity index is 1250. The maximum absolute atomic E-state index is 13.0.